The second-order valence-electron chi connectivity index (χ2n) is 8.28. The number of hydrogen-bond acceptors (Lipinski definition) is 4. The first-order chi connectivity index (χ1) is 13.6. The lowest BCUT2D eigenvalue weighted by Crippen LogP contribution is -2.41. The van der Waals surface area contributed by atoms with Gasteiger partial charge in [0.25, 0.3) is 5.91 Å². The van der Waals surface area contributed by atoms with E-state index < -0.39 is 0 Å². The van der Waals surface area contributed by atoms with Gasteiger partial charge in [0.2, 0.25) is 5.91 Å². The van der Waals surface area contributed by atoms with Crippen molar-refractivity contribution >= 4 is 23.2 Å². The van der Waals surface area contributed by atoms with Gasteiger partial charge in [0.05, 0.1) is 6.26 Å². The molecular weight excluding hydrogens is 366 g/mol. The van der Waals surface area contributed by atoms with Gasteiger partial charge in [0.15, 0.2) is 5.76 Å². The normalized spacial score (nSPS) is 12.2. The Kier molecular flexibility index (Phi) is 7.48. The number of carbonyl (C=O) groups is 2. The number of nitrogens with zero attached hydrogens (tertiary/aromatic N) is 2. The molecule has 0 aliphatic carbocycles. The molecule has 1 aromatic carbocycles. The highest BCUT2D eigenvalue weighted by atomic mass is 16.3. The van der Waals surface area contributed by atoms with Gasteiger partial charge in [-0.05, 0) is 48.7 Å². The van der Waals surface area contributed by atoms with Crippen LogP contribution in [0.15, 0.2) is 41.0 Å². The predicted octanol–water partition coefficient (Wildman–Crippen LogP) is 4.63. The summed E-state index contributed by atoms with van der Waals surface area (Å²) in [5.41, 5.74) is 2.69. The van der Waals surface area contributed by atoms with Crippen molar-refractivity contribution in [1.82, 2.24) is 4.90 Å². The third kappa shape index (κ3) is 5.62. The van der Waals surface area contributed by atoms with E-state index >= 15 is 0 Å². The van der Waals surface area contributed by atoms with Crippen LogP contribution in [-0.4, -0.2) is 36.9 Å². The van der Waals surface area contributed by atoms with Crippen molar-refractivity contribution in [1.29, 1.82) is 0 Å². The number of nitrogens with one attached hydrogen (secondary N) is 1. The second kappa shape index (κ2) is 9.63. The van der Waals surface area contributed by atoms with Crippen molar-refractivity contribution in [3.63, 3.8) is 0 Å². The molecular formula is C23H33N3O3. The average Bonchev–Trinajstić information content (AvgIpc) is 3.19. The number of carbonyl (C=O) groups excluding carboxylic acids is 2. The molecule has 0 saturated heterocycles. The third-order valence-electron chi connectivity index (χ3n) is 5.14. The van der Waals surface area contributed by atoms with Crippen LogP contribution in [0.2, 0.25) is 0 Å². The molecule has 1 N–H and O–H groups in total. The lowest BCUT2D eigenvalue weighted by Gasteiger charge is -2.33. The van der Waals surface area contributed by atoms with Crippen LogP contribution < -0.4 is 10.2 Å². The summed E-state index contributed by atoms with van der Waals surface area (Å²) in [7, 11) is 3.94. The van der Waals surface area contributed by atoms with E-state index in [9.17, 15) is 9.59 Å². The molecule has 0 radical (unpaired) electrons. The third-order valence-corrected chi connectivity index (χ3v) is 5.14. The van der Waals surface area contributed by atoms with Crippen molar-refractivity contribution in [2.24, 2.45) is 11.8 Å². The predicted molar refractivity (Wildman–Crippen MR) is 117 cm³/mol. The van der Waals surface area contributed by atoms with E-state index in [0.717, 1.165) is 16.9 Å². The highest BCUT2D eigenvalue weighted by Crippen LogP contribution is 2.27. The Morgan fingerprint density at radius 2 is 1.76 bits per heavy atom. The van der Waals surface area contributed by atoms with Crippen LogP contribution in [0.25, 0.3) is 0 Å². The van der Waals surface area contributed by atoms with Crippen LogP contribution >= 0.6 is 0 Å². The molecule has 0 aliphatic rings. The number of anilines is 2. The number of rotatable bonds is 8. The standard InChI is InChI=1S/C23H33N3O3/c1-15(2)17(5)26(23(28)21-9-8-12-29-21)14-18-13-19(24-22(27)16(3)4)10-11-20(18)25(6)7/h8-13,15-17H,14H2,1-7H3,(H,24,27). The highest BCUT2D eigenvalue weighted by molar-refractivity contribution is 5.93. The molecule has 0 aliphatic heterocycles. The van der Waals surface area contributed by atoms with Crippen LogP contribution in [0.1, 0.15) is 50.7 Å². The molecule has 2 aromatic rings. The summed E-state index contributed by atoms with van der Waals surface area (Å²) in [6.07, 6.45) is 1.51. The maximum absolute atomic E-state index is 13.1. The van der Waals surface area contributed by atoms with Gasteiger partial charge in [-0.3, -0.25) is 9.59 Å². The lowest BCUT2D eigenvalue weighted by atomic mass is 10.0. The monoisotopic (exact) mass is 399 g/mol. The molecule has 0 fully saturated rings. The van der Waals surface area contributed by atoms with Gasteiger partial charge in [0.1, 0.15) is 0 Å². The Labute approximate surface area is 173 Å². The number of furan rings is 1. The topological polar surface area (TPSA) is 65.8 Å². The van der Waals surface area contributed by atoms with Crippen LogP contribution in [0.3, 0.4) is 0 Å². The molecule has 1 aromatic heterocycles. The first-order valence-corrected chi connectivity index (χ1v) is 10.1. The van der Waals surface area contributed by atoms with Crippen molar-refractivity contribution in [3.05, 3.63) is 47.9 Å². The van der Waals surface area contributed by atoms with Gasteiger partial charge in [-0.1, -0.05) is 27.7 Å². The molecule has 1 atom stereocenters. The fourth-order valence-corrected chi connectivity index (χ4v) is 3.00. The van der Waals surface area contributed by atoms with Crippen LogP contribution in [-0.2, 0) is 11.3 Å². The Balaban J connectivity index is 2.41. The molecule has 6 heteroatoms. The maximum atomic E-state index is 13.1. The summed E-state index contributed by atoms with van der Waals surface area (Å²) in [4.78, 5) is 29.1. The van der Waals surface area contributed by atoms with Gasteiger partial charge in [0, 0.05) is 44.0 Å². The van der Waals surface area contributed by atoms with E-state index in [1.807, 2.05) is 62.9 Å². The first-order valence-electron chi connectivity index (χ1n) is 10.1. The van der Waals surface area contributed by atoms with Gasteiger partial charge < -0.3 is 19.5 Å². The SMILES string of the molecule is CC(C)C(=O)Nc1ccc(N(C)C)c(CN(C(=O)c2ccco2)C(C)C(C)C)c1. The molecule has 0 spiro atoms. The zero-order chi connectivity index (χ0) is 21.7. The summed E-state index contributed by atoms with van der Waals surface area (Å²) in [6.45, 7) is 10.4. The summed E-state index contributed by atoms with van der Waals surface area (Å²) in [5.74, 6) is 0.323. The van der Waals surface area contributed by atoms with Crippen LogP contribution in [0, 0.1) is 11.8 Å². The summed E-state index contributed by atoms with van der Waals surface area (Å²) in [5, 5.41) is 2.95. The zero-order valence-electron chi connectivity index (χ0n) is 18.5. The number of hydrogen-bond donors (Lipinski definition) is 1. The minimum absolute atomic E-state index is 0.0107. The van der Waals surface area contributed by atoms with Crippen LogP contribution in [0.4, 0.5) is 11.4 Å². The van der Waals surface area contributed by atoms with Gasteiger partial charge in [-0.25, -0.2) is 0 Å². The molecule has 158 valence electrons. The lowest BCUT2D eigenvalue weighted by molar-refractivity contribution is -0.118. The highest BCUT2D eigenvalue weighted by Gasteiger charge is 2.27. The summed E-state index contributed by atoms with van der Waals surface area (Å²) >= 11 is 0. The second-order valence-corrected chi connectivity index (χ2v) is 8.28. The number of amides is 2. The molecule has 2 amide bonds. The van der Waals surface area contributed by atoms with Gasteiger partial charge in [-0.2, -0.15) is 0 Å². The minimum Gasteiger partial charge on any atom is -0.459 e. The smallest absolute Gasteiger partial charge is 0.290 e. The van der Waals surface area contributed by atoms with E-state index in [4.69, 9.17) is 4.42 Å². The van der Waals surface area contributed by atoms with Crippen molar-refractivity contribution in [2.45, 2.75) is 47.2 Å². The van der Waals surface area contributed by atoms with Crippen LogP contribution in [0.5, 0.6) is 0 Å². The van der Waals surface area contributed by atoms with Gasteiger partial charge >= 0.3 is 0 Å². The Morgan fingerprint density at radius 1 is 1.07 bits per heavy atom. The van der Waals surface area contributed by atoms with E-state index in [0.29, 0.717) is 12.3 Å². The quantitative estimate of drug-likeness (QED) is 0.703. The van der Waals surface area contributed by atoms with E-state index in [-0.39, 0.29) is 29.7 Å². The average molecular weight is 400 g/mol. The zero-order valence-corrected chi connectivity index (χ0v) is 18.5. The molecule has 0 bridgehead atoms. The van der Waals surface area contributed by atoms with Crippen molar-refractivity contribution < 1.29 is 14.0 Å². The molecule has 1 unspecified atom stereocenters. The van der Waals surface area contributed by atoms with Crippen molar-refractivity contribution in [2.75, 3.05) is 24.3 Å². The fraction of sp³-hybridized carbons (Fsp3) is 0.478. The first kappa shape index (κ1) is 22.5. The Morgan fingerprint density at radius 3 is 2.28 bits per heavy atom. The molecule has 29 heavy (non-hydrogen) atoms. The molecule has 2 rings (SSSR count). The van der Waals surface area contributed by atoms with E-state index in [2.05, 4.69) is 19.2 Å². The largest absolute Gasteiger partial charge is 0.459 e. The fourth-order valence-electron chi connectivity index (χ4n) is 3.00. The summed E-state index contributed by atoms with van der Waals surface area (Å²) in [6, 6.07) is 9.24. The Bertz CT molecular complexity index is 826. The summed E-state index contributed by atoms with van der Waals surface area (Å²) < 4.78 is 5.37. The van der Waals surface area contributed by atoms with Gasteiger partial charge in [-0.15, -0.1) is 0 Å². The molecule has 1 heterocycles. The molecule has 6 nitrogen and oxygen atoms in total. The molecule has 0 saturated carbocycles. The minimum atomic E-state index is -0.141. The maximum Gasteiger partial charge on any atom is 0.290 e. The van der Waals surface area contributed by atoms with Crippen molar-refractivity contribution in [3.8, 4) is 0 Å². The number of benzene rings is 1. The Hall–Kier alpha value is -2.76. The van der Waals surface area contributed by atoms with E-state index in [1.54, 1.807) is 12.1 Å². The van der Waals surface area contributed by atoms with E-state index in [1.165, 1.54) is 6.26 Å².